The van der Waals surface area contributed by atoms with E-state index in [1.807, 2.05) is 6.92 Å². The second kappa shape index (κ2) is 7.77. The van der Waals surface area contributed by atoms with E-state index in [9.17, 15) is 4.79 Å². The van der Waals surface area contributed by atoms with E-state index in [0.29, 0.717) is 28.8 Å². The number of ether oxygens (including phenoxy) is 2. The van der Waals surface area contributed by atoms with Gasteiger partial charge in [0.1, 0.15) is 0 Å². The van der Waals surface area contributed by atoms with Crippen molar-refractivity contribution in [2.75, 3.05) is 17.8 Å². The zero-order valence-electron chi connectivity index (χ0n) is 13.5. The predicted molar refractivity (Wildman–Crippen MR) is 93.2 cm³/mol. The van der Waals surface area contributed by atoms with Crippen LogP contribution in [0.4, 0.5) is 11.4 Å². The summed E-state index contributed by atoms with van der Waals surface area (Å²) < 4.78 is 10.6. The Hall–Kier alpha value is -1.62. The normalized spacial score (nSPS) is 18.1. The summed E-state index contributed by atoms with van der Waals surface area (Å²) in [7, 11) is 0. The lowest BCUT2D eigenvalue weighted by molar-refractivity contribution is -0.120. The number of nitrogens with one attached hydrogen (secondary N) is 1. The van der Waals surface area contributed by atoms with Gasteiger partial charge in [-0.25, -0.2) is 0 Å². The molecule has 1 aliphatic heterocycles. The third-order valence-corrected chi connectivity index (χ3v) is 4.66. The topological polar surface area (TPSA) is 73.6 Å². The summed E-state index contributed by atoms with van der Waals surface area (Å²) in [6.07, 6.45) is 7.40. The van der Waals surface area contributed by atoms with Gasteiger partial charge in [0.25, 0.3) is 0 Å². The summed E-state index contributed by atoms with van der Waals surface area (Å²) in [6, 6.07) is 3.44. The number of benzene rings is 1. The number of anilines is 2. The molecular formula is C17H25ClN2O3. The van der Waals surface area contributed by atoms with Crippen LogP contribution in [0.1, 0.15) is 45.4 Å². The van der Waals surface area contributed by atoms with Gasteiger partial charge in [-0.3, -0.25) is 4.79 Å². The molecule has 1 amide bonds. The minimum absolute atomic E-state index is 0. The monoisotopic (exact) mass is 340 g/mol. The highest BCUT2D eigenvalue weighted by molar-refractivity contribution is 5.95. The molecule has 0 spiro atoms. The molecule has 1 aromatic rings. The first-order valence-corrected chi connectivity index (χ1v) is 8.13. The molecule has 2 aliphatic rings. The molecule has 3 rings (SSSR count). The molecule has 3 N–H and O–H groups in total. The van der Waals surface area contributed by atoms with Crippen molar-refractivity contribution >= 4 is 29.7 Å². The van der Waals surface area contributed by atoms with Gasteiger partial charge in [0.2, 0.25) is 12.7 Å². The minimum atomic E-state index is -0.00655. The summed E-state index contributed by atoms with van der Waals surface area (Å²) >= 11 is 0. The number of nitrogens with two attached hydrogens (primary N) is 1. The second-order valence-electron chi connectivity index (χ2n) is 6.42. The van der Waals surface area contributed by atoms with Crippen molar-refractivity contribution in [1.29, 1.82) is 0 Å². The van der Waals surface area contributed by atoms with E-state index in [1.165, 1.54) is 32.1 Å². The number of carbonyl (C=O) groups is 1. The fourth-order valence-corrected chi connectivity index (χ4v) is 3.35. The van der Waals surface area contributed by atoms with Gasteiger partial charge in [-0.05, 0) is 12.3 Å². The highest BCUT2D eigenvalue weighted by Gasteiger charge is 2.22. The maximum atomic E-state index is 12.4. The fourth-order valence-electron chi connectivity index (χ4n) is 3.35. The molecule has 128 valence electrons. The van der Waals surface area contributed by atoms with Crippen LogP contribution in [0.15, 0.2) is 12.1 Å². The molecule has 1 unspecified atom stereocenters. The number of hydrogen-bond donors (Lipinski definition) is 2. The molecule has 1 saturated carbocycles. The third kappa shape index (κ3) is 4.22. The van der Waals surface area contributed by atoms with Crippen LogP contribution in [-0.4, -0.2) is 12.7 Å². The first-order valence-electron chi connectivity index (χ1n) is 8.13. The molecule has 0 aromatic heterocycles. The molecule has 1 atom stereocenters. The lowest BCUT2D eigenvalue weighted by Crippen LogP contribution is -2.24. The molecule has 1 heterocycles. The van der Waals surface area contributed by atoms with Crippen LogP contribution in [0.5, 0.6) is 11.5 Å². The van der Waals surface area contributed by atoms with Gasteiger partial charge < -0.3 is 20.5 Å². The Kier molecular flexibility index (Phi) is 5.99. The minimum Gasteiger partial charge on any atom is -0.454 e. The highest BCUT2D eigenvalue weighted by atomic mass is 35.5. The number of hydrogen-bond acceptors (Lipinski definition) is 4. The maximum absolute atomic E-state index is 12.4. The smallest absolute Gasteiger partial charge is 0.231 e. The molecule has 1 aliphatic carbocycles. The number of carbonyl (C=O) groups excluding carboxylic acids is 1. The largest absolute Gasteiger partial charge is 0.454 e. The van der Waals surface area contributed by atoms with Crippen molar-refractivity contribution in [3.05, 3.63) is 12.1 Å². The van der Waals surface area contributed by atoms with Gasteiger partial charge >= 0.3 is 0 Å². The van der Waals surface area contributed by atoms with E-state index in [-0.39, 0.29) is 31.0 Å². The summed E-state index contributed by atoms with van der Waals surface area (Å²) in [6.45, 7) is 2.19. The Morgan fingerprint density at radius 2 is 1.91 bits per heavy atom. The van der Waals surface area contributed by atoms with Crippen molar-refractivity contribution in [2.24, 2.45) is 11.8 Å². The number of nitrogen functional groups attached to an aromatic ring is 1. The van der Waals surface area contributed by atoms with Crippen molar-refractivity contribution in [3.8, 4) is 11.5 Å². The van der Waals surface area contributed by atoms with Crippen LogP contribution < -0.4 is 20.5 Å². The Balaban J connectivity index is 0.00000192. The number of rotatable bonds is 4. The van der Waals surface area contributed by atoms with Crippen molar-refractivity contribution in [1.82, 2.24) is 0 Å². The van der Waals surface area contributed by atoms with Crippen molar-refractivity contribution < 1.29 is 14.3 Å². The van der Waals surface area contributed by atoms with Gasteiger partial charge in [-0.1, -0.05) is 39.0 Å². The molecule has 5 nitrogen and oxygen atoms in total. The van der Waals surface area contributed by atoms with Crippen LogP contribution in [0.2, 0.25) is 0 Å². The number of fused-ring (bicyclic) bond motifs is 1. The quantitative estimate of drug-likeness (QED) is 0.813. The Morgan fingerprint density at radius 3 is 2.61 bits per heavy atom. The van der Waals surface area contributed by atoms with Gasteiger partial charge in [0, 0.05) is 18.1 Å². The first kappa shape index (κ1) is 17.7. The van der Waals surface area contributed by atoms with E-state index in [0.717, 1.165) is 6.42 Å². The molecule has 0 bridgehead atoms. The molecule has 6 heteroatoms. The second-order valence-corrected chi connectivity index (χ2v) is 6.42. The Morgan fingerprint density at radius 1 is 1.26 bits per heavy atom. The van der Waals surface area contributed by atoms with Crippen molar-refractivity contribution in [2.45, 2.75) is 45.4 Å². The van der Waals surface area contributed by atoms with Crippen LogP contribution in [0.25, 0.3) is 0 Å². The molecule has 1 aromatic carbocycles. The predicted octanol–water partition coefficient (Wildman–Crippen LogP) is 3.96. The number of amides is 1. The summed E-state index contributed by atoms with van der Waals surface area (Å²) in [4.78, 5) is 12.4. The molecular weight excluding hydrogens is 316 g/mol. The van der Waals surface area contributed by atoms with E-state index >= 15 is 0 Å². The van der Waals surface area contributed by atoms with Gasteiger partial charge in [0.15, 0.2) is 11.5 Å². The van der Waals surface area contributed by atoms with E-state index in [2.05, 4.69) is 5.32 Å². The number of halogens is 1. The molecule has 0 saturated heterocycles. The van der Waals surface area contributed by atoms with Crippen LogP contribution in [-0.2, 0) is 4.79 Å². The Labute approximate surface area is 143 Å². The Bertz CT molecular complexity index is 559. The van der Waals surface area contributed by atoms with Crippen LogP contribution in [0, 0.1) is 11.8 Å². The van der Waals surface area contributed by atoms with E-state index in [4.69, 9.17) is 15.2 Å². The first-order chi connectivity index (χ1) is 10.6. The lowest BCUT2D eigenvalue weighted by atomic mass is 9.83. The van der Waals surface area contributed by atoms with E-state index in [1.54, 1.807) is 12.1 Å². The average molecular weight is 341 g/mol. The molecule has 0 radical (unpaired) electrons. The molecule has 23 heavy (non-hydrogen) atoms. The van der Waals surface area contributed by atoms with E-state index < -0.39 is 0 Å². The molecule has 1 fully saturated rings. The van der Waals surface area contributed by atoms with Crippen molar-refractivity contribution in [3.63, 3.8) is 0 Å². The van der Waals surface area contributed by atoms with Crippen LogP contribution >= 0.6 is 12.4 Å². The zero-order valence-corrected chi connectivity index (χ0v) is 14.3. The van der Waals surface area contributed by atoms with Crippen LogP contribution in [0.3, 0.4) is 0 Å². The summed E-state index contributed by atoms with van der Waals surface area (Å²) in [5.41, 5.74) is 7.08. The van der Waals surface area contributed by atoms with Gasteiger partial charge in [-0.2, -0.15) is 0 Å². The summed E-state index contributed by atoms with van der Waals surface area (Å²) in [5.74, 6) is 1.96. The van der Waals surface area contributed by atoms with Gasteiger partial charge in [-0.15, -0.1) is 12.4 Å². The zero-order chi connectivity index (χ0) is 15.5. The maximum Gasteiger partial charge on any atom is 0.231 e. The fraction of sp³-hybridized carbons (Fsp3) is 0.588. The summed E-state index contributed by atoms with van der Waals surface area (Å²) in [5, 5.41) is 2.93. The average Bonchev–Trinajstić information content (AvgIpc) is 2.95. The van der Waals surface area contributed by atoms with Gasteiger partial charge in [0.05, 0.1) is 11.4 Å². The lowest BCUT2D eigenvalue weighted by Gasteiger charge is -2.24. The standard InChI is InChI=1S/C17H24N2O3.ClH/c1-11(7-12-5-3-2-4-6-12)17(20)19-14-9-16-15(8-13(14)18)21-10-22-16;/h8-9,11-12H,2-7,10,18H2,1H3,(H,19,20);1H. The highest BCUT2D eigenvalue weighted by Crippen LogP contribution is 2.38. The SMILES string of the molecule is CC(CC1CCCCC1)C(=O)Nc1cc2c(cc1N)OCO2.Cl. The third-order valence-electron chi connectivity index (χ3n) is 4.66.